The number of rotatable bonds is 6. The molecule has 1 amide bonds. The van der Waals surface area contributed by atoms with Crippen LogP contribution in [-0.2, 0) is 10.9 Å². The molecule has 36 heavy (non-hydrogen) atoms. The van der Waals surface area contributed by atoms with Gasteiger partial charge in [0.25, 0.3) is 5.91 Å². The molecule has 2 atom stereocenters. The summed E-state index contributed by atoms with van der Waals surface area (Å²) in [6.07, 6.45) is -0.0625. The lowest BCUT2D eigenvalue weighted by molar-refractivity contribution is -0.141. The lowest BCUT2D eigenvalue weighted by atomic mass is 9.89. The monoisotopic (exact) mass is 504 g/mol. The third-order valence-electron chi connectivity index (χ3n) is 6.15. The highest BCUT2D eigenvalue weighted by atomic mass is 19.4. The number of aromatic nitrogens is 3. The van der Waals surface area contributed by atoms with E-state index in [1.807, 2.05) is 31.7 Å². The lowest BCUT2D eigenvalue weighted by Gasteiger charge is -2.48. The fourth-order valence-electron chi connectivity index (χ4n) is 4.37. The van der Waals surface area contributed by atoms with Crippen molar-refractivity contribution in [1.29, 1.82) is 0 Å². The third kappa shape index (κ3) is 5.39. The number of aliphatic imine (C=N–C) groups is 1. The molecule has 1 N–H and O–H groups in total. The molecule has 0 aliphatic carbocycles. The van der Waals surface area contributed by atoms with E-state index in [0.717, 1.165) is 23.0 Å². The van der Waals surface area contributed by atoms with Crippen LogP contribution >= 0.6 is 0 Å². The number of allylic oxidation sites excluding steroid dienone is 1. The van der Waals surface area contributed by atoms with Gasteiger partial charge in [0.15, 0.2) is 5.69 Å². The maximum absolute atomic E-state index is 13.3. The average Bonchev–Trinajstić information content (AvgIpc) is 2.86. The van der Waals surface area contributed by atoms with Crippen LogP contribution in [0.4, 0.5) is 13.2 Å². The number of nitrogens with zero attached hydrogens (tertiary/aromatic N) is 5. The second kappa shape index (κ2) is 10.3. The van der Waals surface area contributed by atoms with E-state index >= 15 is 0 Å². The van der Waals surface area contributed by atoms with Crippen molar-refractivity contribution in [2.24, 2.45) is 4.99 Å². The molecule has 2 aromatic heterocycles. The van der Waals surface area contributed by atoms with Crippen LogP contribution in [0.2, 0.25) is 0 Å². The lowest BCUT2D eigenvalue weighted by Crippen LogP contribution is -2.67. The zero-order valence-electron chi connectivity index (χ0n) is 20.2. The molecular weight excluding hydrogens is 477 g/mol. The molecule has 1 fully saturated rings. The van der Waals surface area contributed by atoms with E-state index in [-0.39, 0.29) is 11.6 Å². The number of pyridine rings is 1. The van der Waals surface area contributed by atoms with E-state index in [9.17, 15) is 18.0 Å². The molecule has 4 rings (SSSR count). The smallest absolute Gasteiger partial charge is 0.435 e. The first-order valence-corrected chi connectivity index (χ1v) is 11.5. The normalized spacial score (nSPS) is 23.0. The largest absolute Gasteiger partial charge is 0.478 e. The number of amides is 1. The summed E-state index contributed by atoms with van der Waals surface area (Å²) in [5.41, 5.74) is -0.209. The van der Waals surface area contributed by atoms with Gasteiger partial charge < -0.3 is 14.8 Å². The van der Waals surface area contributed by atoms with Crippen molar-refractivity contribution in [1.82, 2.24) is 25.4 Å². The van der Waals surface area contributed by atoms with Crippen molar-refractivity contribution < 1.29 is 27.4 Å². The highest BCUT2D eigenvalue weighted by Gasteiger charge is 2.44. The number of hydrogen-bond donors (Lipinski definition) is 1. The number of alkyl halides is 3. The van der Waals surface area contributed by atoms with Crippen LogP contribution in [0.1, 0.15) is 48.8 Å². The zero-order valence-corrected chi connectivity index (χ0v) is 20.2. The Labute approximate surface area is 206 Å². The van der Waals surface area contributed by atoms with Crippen molar-refractivity contribution >= 4 is 17.7 Å². The maximum Gasteiger partial charge on any atom is 0.435 e. The Kier molecular flexibility index (Phi) is 7.36. The number of nitrogens with one attached hydrogen (secondary N) is 1. The number of ether oxygens (including phenoxy) is 2. The summed E-state index contributed by atoms with van der Waals surface area (Å²) < 4.78 is 50.5. The summed E-state index contributed by atoms with van der Waals surface area (Å²) in [6, 6.07) is 4.23. The maximum atomic E-state index is 13.3. The summed E-state index contributed by atoms with van der Waals surface area (Å²) in [6.45, 7) is 7.54. The minimum absolute atomic E-state index is 0.0927. The first-order chi connectivity index (χ1) is 17.1. The highest BCUT2D eigenvalue weighted by molar-refractivity contribution is 5.97. The number of hydrogen-bond acceptors (Lipinski definition) is 8. The molecule has 192 valence electrons. The first kappa shape index (κ1) is 25.7. The minimum Gasteiger partial charge on any atom is -0.478 e. The van der Waals surface area contributed by atoms with Crippen molar-refractivity contribution in [2.75, 3.05) is 26.4 Å². The Bertz CT molecular complexity index is 1170. The highest BCUT2D eigenvalue weighted by Crippen LogP contribution is 2.36. The predicted molar refractivity (Wildman–Crippen MR) is 125 cm³/mol. The van der Waals surface area contributed by atoms with Gasteiger partial charge in [0.1, 0.15) is 5.66 Å². The van der Waals surface area contributed by atoms with Gasteiger partial charge in [-0.2, -0.15) is 18.3 Å². The van der Waals surface area contributed by atoms with Crippen LogP contribution in [0.3, 0.4) is 0 Å². The number of morpholine rings is 1. The molecule has 4 heterocycles. The molecule has 2 aliphatic rings. The quantitative estimate of drug-likeness (QED) is 0.644. The summed E-state index contributed by atoms with van der Waals surface area (Å²) in [7, 11) is 0. The molecule has 0 aromatic carbocycles. The van der Waals surface area contributed by atoms with Crippen molar-refractivity contribution in [2.45, 2.75) is 45.1 Å². The average molecular weight is 505 g/mol. The van der Waals surface area contributed by atoms with Gasteiger partial charge >= 0.3 is 6.18 Å². The van der Waals surface area contributed by atoms with Gasteiger partial charge in [0.2, 0.25) is 5.88 Å². The number of carbonyl (C=O) groups excluding carboxylic acids is 1. The van der Waals surface area contributed by atoms with Crippen LogP contribution in [0.25, 0.3) is 5.57 Å². The van der Waals surface area contributed by atoms with E-state index in [1.165, 1.54) is 0 Å². The van der Waals surface area contributed by atoms with Crippen molar-refractivity contribution in [3.05, 3.63) is 53.1 Å². The number of carbonyl (C=O) groups is 1. The van der Waals surface area contributed by atoms with Gasteiger partial charge in [-0.15, -0.1) is 5.10 Å². The van der Waals surface area contributed by atoms with E-state index in [0.29, 0.717) is 44.7 Å². The van der Waals surface area contributed by atoms with Crippen LogP contribution in [0.15, 0.2) is 41.3 Å². The summed E-state index contributed by atoms with van der Waals surface area (Å²) in [4.78, 5) is 24.3. The molecule has 0 saturated carbocycles. The van der Waals surface area contributed by atoms with Gasteiger partial charge in [-0.3, -0.25) is 14.7 Å². The second-order valence-electron chi connectivity index (χ2n) is 8.64. The molecular formula is C24H27F3N6O3. The summed E-state index contributed by atoms with van der Waals surface area (Å²) in [5.74, 6) is -0.227. The van der Waals surface area contributed by atoms with Gasteiger partial charge in [0.05, 0.1) is 31.6 Å². The molecule has 0 bridgehead atoms. The van der Waals surface area contributed by atoms with E-state index in [4.69, 9.17) is 9.47 Å². The van der Waals surface area contributed by atoms with E-state index < -0.39 is 23.4 Å². The molecule has 2 aromatic rings. The Hall–Kier alpha value is -3.38. The topological polar surface area (TPSA) is 102 Å². The first-order valence-electron chi connectivity index (χ1n) is 11.5. The van der Waals surface area contributed by atoms with Gasteiger partial charge in [-0.25, -0.2) is 4.98 Å². The second-order valence-corrected chi connectivity index (χ2v) is 8.64. The zero-order chi connectivity index (χ0) is 25.9. The minimum atomic E-state index is -4.72. The molecule has 1 unspecified atom stereocenters. The predicted octanol–water partition coefficient (Wildman–Crippen LogP) is 3.34. The van der Waals surface area contributed by atoms with Crippen LogP contribution in [0.5, 0.6) is 5.88 Å². The van der Waals surface area contributed by atoms with Crippen molar-refractivity contribution in [3.8, 4) is 5.88 Å². The Morgan fingerprint density at radius 3 is 2.81 bits per heavy atom. The van der Waals surface area contributed by atoms with Crippen LogP contribution < -0.4 is 10.1 Å². The third-order valence-corrected chi connectivity index (χ3v) is 6.15. The summed E-state index contributed by atoms with van der Waals surface area (Å²) in [5, 5.41) is 9.44. The van der Waals surface area contributed by atoms with Crippen molar-refractivity contribution in [3.63, 3.8) is 0 Å². The van der Waals surface area contributed by atoms with Crippen LogP contribution in [-0.4, -0.2) is 70.3 Å². The SMILES string of the molecule is CCOc1ccc(C2=C(C)N=C[C@@](NC(=O)c3cnnc(C(F)(F)F)c3)(N3CCOCC3C)C2)cn1. The standard InChI is InChI=1S/C24H27F3N6O3/c1-4-36-21-6-5-17(11-28-21)19-10-23(14-29-16(19)3,33-7-8-35-13-15(33)2)31-22(34)18-9-20(24(25,26)27)32-30-12-18/h5-6,9,11-12,14-15H,4,7-8,10,13H2,1-3H3,(H,31,34)/t15?,23-/m0/s1. The number of halogens is 3. The Balaban J connectivity index is 1.69. The molecule has 1 saturated heterocycles. The van der Waals surface area contributed by atoms with Gasteiger partial charge in [-0.05, 0) is 44.0 Å². The molecule has 0 spiro atoms. The Morgan fingerprint density at radius 2 is 2.14 bits per heavy atom. The van der Waals surface area contributed by atoms with E-state index in [1.54, 1.807) is 18.5 Å². The summed E-state index contributed by atoms with van der Waals surface area (Å²) >= 11 is 0. The van der Waals surface area contributed by atoms with Gasteiger partial charge in [0, 0.05) is 43.2 Å². The van der Waals surface area contributed by atoms with Crippen LogP contribution in [0, 0.1) is 0 Å². The Morgan fingerprint density at radius 1 is 1.33 bits per heavy atom. The molecule has 9 nitrogen and oxygen atoms in total. The van der Waals surface area contributed by atoms with E-state index in [2.05, 4.69) is 25.5 Å². The van der Waals surface area contributed by atoms with Gasteiger partial charge in [-0.1, -0.05) is 0 Å². The molecule has 12 heteroatoms. The molecule has 2 aliphatic heterocycles. The molecule has 0 radical (unpaired) electrons. The fraction of sp³-hybridized carbons (Fsp3) is 0.458. The fourth-order valence-corrected chi connectivity index (χ4v) is 4.37.